The zero-order valence-corrected chi connectivity index (χ0v) is 13.2. The lowest BCUT2D eigenvalue weighted by Gasteiger charge is -2.29. The molecular weight excluding hydrogens is 274 g/mol. The van der Waals surface area contributed by atoms with Crippen molar-refractivity contribution >= 4 is 17.8 Å². The maximum Gasteiger partial charge on any atom is 0.325 e. The first-order valence-corrected chi connectivity index (χ1v) is 7.46. The number of aliphatic carboxylic acids is 1. The van der Waals surface area contributed by atoms with Gasteiger partial charge in [-0.3, -0.25) is 14.4 Å². The highest BCUT2D eigenvalue weighted by atomic mass is 16.5. The van der Waals surface area contributed by atoms with E-state index in [1.807, 2.05) is 20.8 Å². The summed E-state index contributed by atoms with van der Waals surface area (Å²) in [4.78, 5) is 37.0. The predicted octanol–water partition coefficient (Wildman–Crippen LogP) is 1.53. The summed E-state index contributed by atoms with van der Waals surface area (Å²) in [6.07, 6.45) is 1.07. The number of rotatable bonds is 6. The molecule has 6 nitrogen and oxygen atoms in total. The third-order valence-corrected chi connectivity index (χ3v) is 3.94. The molecule has 0 spiro atoms. The first kappa shape index (κ1) is 17.5. The van der Waals surface area contributed by atoms with Gasteiger partial charge in [0.15, 0.2) is 0 Å². The molecule has 0 radical (unpaired) electrons. The van der Waals surface area contributed by atoms with Gasteiger partial charge in [0.1, 0.15) is 6.54 Å². The highest BCUT2D eigenvalue weighted by Crippen LogP contribution is 2.37. The van der Waals surface area contributed by atoms with Gasteiger partial charge in [-0.2, -0.15) is 0 Å². The van der Waals surface area contributed by atoms with Gasteiger partial charge < -0.3 is 14.7 Å². The Kier molecular flexibility index (Phi) is 6.18. The number of carboxylic acid groups (broad SMARTS) is 1. The minimum absolute atomic E-state index is 0.123. The smallest absolute Gasteiger partial charge is 0.325 e. The number of esters is 1. The molecule has 1 amide bonds. The van der Waals surface area contributed by atoms with Gasteiger partial charge in [0.25, 0.3) is 0 Å². The van der Waals surface area contributed by atoms with Crippen LogP contribution in [-0.2, 0) is 19.1 Å². The van der Waals surface area contributed by atoms with Crippen LogP contribution in [0.2, 0.25) is 0 Å². The molecule has 0 heterocycles. The molecule has 6 heteroatoms. The van der Waals surface area contributed by atoms with E-state index < -0.39 is 23.8 Å². The second-order valence-corrected chi connectivity index (χ2v) is 5.99. The zero-order valence-electron chi connectivity index (χ0n) is 13.2. The van der Waals surface area contributed by atoms with Gasteiger partial charge in [-0.15, -0.1) is 0 Å². The number of carbonyl (C=O) groups is 3. The normalized spacial score (nSPS) is 24.9. The maximum atomic E-state index is 12.6. The number of nitrogens with zero attached hydrogens (tertiary/aromatic N) is 1. The van der Waals surface area contributed by atoms with Gasteiger partial charge in [-0.25, -0.2) is 0 Å². The second-order valence-electron chi connectivity index (χ2n) is 5.99. The first-order valence-electron chi connectivity index (χ1n) is 7.46. The Balaban J connectivity index is 2.85. The number of carbonyl (C=O) groups excluding carboxylic acids is 2. The van der Waals surface area contributed by atoms with Gasteiger partial charge in [-0.05, 0) is 39.5 Å². The standard InChI is InChI=1S/C15H25NO5/c1-5-21-13(17)8-16(9(2)3)14(18)11-6-10(4)7-12(11)15(19)20/h9-12H,5-8H2,1-4H3,(H,19,20). The van der Waals surface area contributed by atoms with Crippen LogP contribution < -0.4 is 0 Å². The topological polar surface area (TPSA) is 83.9 Å². The lowest BCUT2D eigenvalue weighted by molar-refractivity contribution is -0.154. The monoisotopic (exact) mass is 299 g/mol. The van der Waals surface area contributed by atoms with E-state index in [-0.39, 0.29) is 31.0 Å². The molecule has 1 rings (SSSR count). The van der Waals surface area contributed by atoms with Crippen molar-refractivity contribution < 1.29 is 24.2 Å². The van der Waals surface area contributed by atoms with Crippen molar-refractivity contribution in [2.75, 3.05) is 13.2 Å². The minimum atomic E-state index is -0.933. The van der Waals surface area contributed by atoms with E-state index in [1.165, 1.54) is 4.90 Å². The second kappa shape index (κ2) is 7.43. The highest BCUT2D eigenvalue weighted by Gasteiger charge is 2.43. The minimum Gasteiger partial charge on any atom is -0.481 e. The van der Waals surface area contributed by atoms with Gasteiger partial charge in [0, 0.05) is 6.04 Å². The fourth-order valence-corrected chi connectivity index (χ4v) is 2.91. The van der Waals surface area contributed by atoms with Gasteiger partial charge >= 0.3 is 11.9 Å². The molecule has 120 valence electrons. The molecule has 0 aliphatic heterocycles. The molecule has 1 fully saturated rings. The van der Waals surface area contributed by atoms with Gasteiger partial charge in [-0.1, -0.05) is 6.92 Å². The summed E-state index contributed by atoms with van der Waals surface area (Å²) in [5, 5.41) is 9.27. The van der Waals surface area contributed by atoms with Crippen LogP contribution in [0, 0.1) is 17.8 Å². The Morgan fingerprint density at radius 2 is 1.81 bits per heavy atom. The number of ether oxygens (including phenoxy) is 1. The molecule has 1 aliphatic rings. The Hall–Kier alpha value is -1.59. The van der Waals surface area contributed by atoms with E-state index in [4.69, 9.17) is 4.74 Å². The Bertz CT molecular complexity index is 407. The number of amides is 1. The van der Waals surface area contributed by atoms with E-state index in [0.29, 0.717) is 12.8 Å². The summed E-state index contributed by atoms with van der Waals surface area (Å²) in [6, 6.07) is -0.174. The first-order chi connectivity index (χ1) is 9.77. The summed E-state index contributed by atoms with van der Waals surface area (Å²) in [5.41, 5.74) is 0. The summed E-state index contributed by atoms with van der Waals surface area (Å²) in [5.74, 6) is -2.65. The Morgan fingerprint density at radius 3 is 2.29 bits per heavy atom. The van der Waals surface area contributed by atoms with Gasteiger partial charge in [0.2, 0.25) is 5.91 Å². The van der Waals surface area contributed by atoms with Crippen molar-refractivity contribution in [2.24, 2.45) is 17.8 Å². The van der Waals surface area contributed by atoms with Crippen molar-refractivity contribution in [3.8, 4) is 0 Å². The van der Waals surface area contributed by atoms with Crippen LogP contribution in [0.25, 0.3) is 0 Å². The predicted molar refractivity (Wildman–Crippen MR) is 76.5 cm³/mol. The van der Waals surface area contributed by atoms with Crippen LogP contribution in [0.15, 0.2) is 0 Å². The van der Waals surface area contributed by atoms with Crippen LogP contribution in [-0.4, -0.2) is 47.0 Å². The van der Waals surface area contributed by atoms with E-state index in [1.54, 1.807) is 6.92 Å². The average molecular weight is 299 g/mol. The molecule has 0 aromatic heterocycles. The van der Waals surface area contributed by atoms with Crippen LogP contribution >= 0.6 is 0 Å². The van der Waals surface area contributed by atoms with Crippen LogP contribution in [0.3, 0.4) is 0 Å². The molecule has 0 aromatic carbocycles. The Morgan fingerprint density at radius 1 is 1.24 bits per heavy atom. The average Bonchev–Trinajstić information content (AvgIpc) is 2.77. The van der Waals surface area contributed by atoms with Crippen molar-refractivity contribution in [2.45, 2.75) is 46.6 Å². The van der Waals surface area contributed by atoms with E-state index in [9.17, 15) is 19.5 Å². The summed E-state index contributed by atoms with van der Waals surface area (Å²) in [7, 11) is 0. The third-order valence-electron chi connectivity index (χ3n) is 3.94. The number of hydrogen-bond donors (Lipinski definition) is 1. The zero-order chi connectivity index (χ0) is 16.2. The third kappa shape index (κ3) is 4.44. The lowest BCUT2D eigenvalue weighted by atomic mass is 9.94. The van der Waals surface area contributed by atoms with Crippen molar-refractivity contribution in [3.05, 3.63) is 0 Å². The fraction of sp³-hybridized carbons (Fsp3) is 0.800. The van der Waals surface area contributed by atoms with Crippen LogP contribution in [0.1, 0.15) is 40.5 Å². The molecule has 1 aliphatic carbocycles. The molecule has 0 bridgehead atoms. The van der Waals surface area contributed by atoms with Crippen molar-refractivity contribution in [1.82, 2.24) is 4.90 Å². The molecular formula is C15H25NO5. The van der Waals surface area contributed by atoms with Crippen molar-refractivity contribution in [3.63, 3.8) is 0 Å². The van der Waals surface area contributed by atoms with E-state index in [0.717, 1.165) is 0 Å². The van der Waals surface area contributed by atoms with Crippen molar-refractivity contribution in [1.29, 1.82) is 0 Å². The maximum absolute atomic E-state index is 12.6. The molecule has 1 saturated carbocycles. The van der Waals surface area contributed by atoms with E-state index >= 15 is 0 Å². The van der Waals surface area contributed by atoms with Crippen LogP contribution in [0.4, 0.5) is 0 Å². The number of hydrogen-bond acceptors (Lipinski definition) is 4. The quantitative estimate of drug-likeness (QED) is 0.752. The lowest BCUT2D eigenvalue weighted by Crippen LogP contribution is -2.46. The fourth-order valence-electron chi connectivity index (χ4n) is 2.91. The molecule has 1 N–H and O–H groups in total. The summed E-state index contributed by atoms with van der Waals surface area (Å²) in [6.45, 7) is 7.42. The number of carboxylic acids is 1. The molecule has 0 saturated heterocycles. The molecule has 3 atom stereocenters. The molecule has 21 heavy (non-hydrogen) atoms. The SMILES string of the molecule is CCOC(=O)CN(C(=O)C1CC(C)CC1C(=O)O)C(C)C. The summed E-state index contributed by atoms with van der Waals surface area (Å²) < 4.78 is 4.88. The largest absolute Gasteiger partial charge is 0.481 e. The summed E-state index contributed by atoms with van der Waals surface area (Å²) >= 11 is 0. The van der Waals surface area contributed by atoms with Gasteiger partial charge in [0.05, 0.1) is 18.4 Å². The van der Waals surface area contributed by atoms with E-state index in [2.05, 4.69) is 0 Å². The highest BCUT2D eigenvalue weighted by molar-refractivity contribution is 5.88. The molecule has 0 aromatic rings. The molecule has 3 unspecified atom stereocenters. The van der Waals surface area contributed by atoms with Crippen LogP contribution in [0.5, 0.6) is 0 Å². The Labute approximate surface area is 125 Å².